The topological polar surface area (TPSA) is 61.8 Å². The van der Waals surface area contributed by atoms with Gasteiger partial charge in [-0.25, -0.2) is 4.39 Å². The first kappa shape index (κ1) is 22.0. The third-order valence-electron chi connectivity index (χ3n) is 4.86. The lowest BCUT2D eigenvalue weighted by atomic mass is 9.91. The van der Waals surface area contributed by atoms with Gasteiger partial charge in [0.05, 0.1) is 12.1 Å². The molecule has 5 nitrogen and oxygen atoms in total. The van der Waals surface area contributed by atoms with Gasteiger partial charge < -0.3 is 15.2 Å². The van der Waals surface area contributed by atoms with Crippen LogP contribution < -0.4 is 10.1 Å². The van der Waals surface area contributed by atoms with E-state index in [0.717, 1.165) is 12.1 Å². The molecule has 1 aliphatic rings. The molecule has 0 unspecified atom stereocenters. The number of anilines is 1. The molecule has 0 radical (unpaired) electrons. The van der Waals surface area contributed by atoms with E-state index in [1.165, 1.54) is 30.3 Å². The minimum Gasteiger partial charge on any atom is -0.487 e. The number of carbonyl (C=O) groups excluding carboxylic acids is 1. The van der Waals surface area contributed by atoms with Gasteiger partial charge in [-0.15, -0.1) is 0 Å². The standard InChI is InChI=1S/C21H22F4N2O3/c1-20(29)13-27(9-8-18(20)30-17-7-3-5-15(22)11-17)12-19(28)26-16-6-2-4-14(10-16)21(23,24)25/h2-7,10-11,18,29H,8-9,12-13H2,1H3,(H,26,28)/t18-,20-/m0/s1. The fraction of sp³-hybridized carbons (Fsp3) is 0.381. The number of likely N-dealkylation sites (tertiary alicyclic amines) is 1. The molecule has 2 atom stereocenters. The average Bonchev–Trinajstić information content (AvgIpc) is 2.63. The summed E-state index contributed by atoms with van der Waals surface area (Å²) >= 11 is 0. The van der Waals surface area contributed by atoms with Crippen LogP contribution in [0.4, 0.5) is 23.2 Å². The second kappa shape index (κ2) is 8.61. The van der Waals surface area contributed by atoms with Gasteiger partial charge in [-0.2, -0.15) is 13.2 Å². The molecule has 1 aliphatic heterocycles. The molecule has 0 bridgehead atoms. The number of hydrogen-bond donors (Lipinski definition) is 2. The number of halogens is 4. The molecule has 0 saturated carbocycles. The minimum absolute atomic E-state index is 0.0471. The van der Waals surface area contributed by atoms with Crippen molar-refractivity contribution in [1.82, 2.24) is 4.90 Å². The van der Waals surface area contributed by atoms with Crippen LogP contribution in [-0.2, 0) is 11.0 Å². The zero-order valence-electron chi connectivity index (χ0n) is 16.2. The molecular formula is C21H22F4N2O3. The van der Waals surface area contributed by atoms with Gasteiger partial charge in [0.1, 0.15) is 23.3 Å². The van der Waals surface area contributed by atoms with E-state index < -0.39 is 35.2 Å². The van der Waals surface area contributed by atoms with Crippen molar-refractivity contribution in [2.45, 2.75) is 31.2 Å². The summed E-state index contributed by atoms with van der Waals surface area (Å²) in [5.74, 6) is -0.638. The quantitative estimate of drug-likeness (QED) is 0.716. The highest BCUT2D eigenvalue weighted by Gasteiger charge is 2.40. The maximum absolute atomic E-state index is 13.3. The Balaban J connectivity index is 1.57. The number of ether oxygens (including phenoxy) is 1. The van der Waals surface area contributed by atoms with E-state index in [9.17, 15) is 27.5 Å². The summed E-state index contributed by atoms with van der Waals surface area (Å²) in [6, 6.07) is 10.0. The van der Waals surface area contributed by atoms with E-state index in [2.05, 4.69) is 5.32 Å². The Labute approximate surface area is 171 Å². The Morgan fingerprint density at radius 2 is 2.00 bits per heavy atom. The van der Waals surface area contributed by atoms with Crippen molar-refractivity contribution in [2.24, 2.45) is 0 Å². The van der Waals surface area contributed by atoms with E-state index in [4.69, 9.17) is 4.74 Å². The monoisotopic (exact) mass is 426 g/mol. The van der Waals surface area contributed by atoms with Gasteiger partial charge in [0.25, 0.3) is 0 Å². The number of alkyl halides is 3. The Bertz CT molecular complexity index is 902. The maximum atomic E-state index is 13.3. The molecule has 0 aromatic heterocycles. The molecule has 0 spiro atoms. The van der Waals surface area contributed by atoms with Crippen LogP contribution in [-0.4, -0.2) is 47.3 Å². The highest BCUT2D eigenvalue weighted by atomic mass is 19.4. The summed E-state index contributed by atoms with van der Waals surface area (Å²) in [5.41, 5.74) is -2.11. The number of carbonyl (C=O) groups is 1. The number of amides is 1. The second-order valence-corrected chi connectivity index (χ2v) is 7.55. The maximum Gasteiger partial charge on any atom is 0.416 e. The zero-order valence-corrected chi connectivity index (χ0v) is 16.2. The van der Waals surface area contributed by atoms with Crippen molar-refractivity contribution in [2.75, 3.05) is 25.0 Å². The van der Waals surface area contributed by atoms with Crippen LogP contribution in [0.25, 0.3) is 0 Å². The summed E-state index contributed by atoms with van der Waals surface area (Å²) < 4.78 is 57.4. The molecule has 3 rings (SSSR count). The molecule has 1 amide bonds. The molecule has 0 aliphatic carbocycles. The van der Waals surface area contributed by atoms with Crippen LogP contribution >= 0.6 is 0 Å². The van der Waals surface area contributed by atoms with Gasteiger partial charge in [0.2, 0.25) is 5.91 Å². The van der Waals surface area contributed by atoms with Crippen molar-refractivity contribution < 1.29 is 32.2 Å². The van der Waals surface area contributed by atoms with E-state index >= 15 is 0 Å². The lowest BCUT2D eigenvalue weighted by molar-refractivity contribution is -0.137. The Kier molecular flexibility index (Phi) is 6.33. The Hall–Kier alpha value is -2.65. The van der Waals surface area contributed by atoms with E-state index in [0.29, 0.717) is 18.7 Å². The lowest BCUT2D eigenvalue weighted by Gasteiger charge is -2.42. The third-order valence-corrected chi connectivity index (χ3v) is 4.86. The molecule has 2 aromatic carbocycles. The molecule has 2 N–H and O–H groups in total. The summed E-state index contributed by atoms with van der Waals surface area (Å²) in [4.78, 5) is 14.0. The Morgan fingerprint density at radius 1 is 1.27 bits per heavy atom. The van der Waals surface area contributed by atoms with Crippen molar-refractivity contribution in [1.29, 1.82) is 0 Å². The summed E-state index contributed by atoms with van der Waals surface area (Å²) in [5, 5.41) is 13.2. The van der Waals surface area contributed by atoms with Gasteiger partial charge in [-0.05, 0) is 43.7 Å². The molecule has 1 fully saturated rings. The van der Waals surface area contributed by atoms with Crippen molar-refractivity contribution in [3.8, 4) is 5.75 Å². The van der Waals surface area contributed by atoms with Crippen molar-refractivity contribution in [3.63, 3.8) is 0 Å². The van der Waals surface area contributed by atoms with E-state index in [1.54, 1.807) is 17.9 Å². The zero-order chi connectivity index (χ0) is 21.9. The minimum atomic E-state index is -4.50. The SMILES string of the molecule is C[C@]1(O)CN(CC(=O)Nc2cccc(C(F)(F)F)c2)CC[C@@H]1Oc1cccc(F)c1. The largest absolute Gasteiger partial charge is 0.487 e. The number of piperidine rings is 1. The van der Waals surface area contributed by atoms with Crippen LogP contribution in [0.15, 0.2) is 48.5 Å². The highest BCUT2D eigenvalue weighted by molar-refractivity contribution is 5.92. The average molecular weight is 426 g/mol. The first-order chi connectivity index (χ1) is 14.0. The number of benzene rings is 2. The first-order valence-electron chi connectivity index (χ1n) is 9.37. The molecule has 30 heavy (non-hydrogen) atoms. The molecular weight excluding hydrogens is 404 g/mol. The van der Waals surface area contributed by atoms with E-state index in [-0.39, 0.29) is 18.8 Å². The normalized spacial score (nSPS) is 22.5. The van der Waals surface area contributed by atoms with Gasteiger partial charge in [-0.3, -0.25) is 9.69 Å². The van der Waals surface area contributed by atoms with Gasteiger partial charge in [0, 0.05) is 24.8 Å². The predicted molar refractivity (Wildman–Crippen MR) is 103 cm³/mol. The lowest BCUT2D eigenvalue weighted by Crippen LogP contribution is -2.58. The van der Waals surface area contributed by atoms with Crippen LogP contribution in [0.1, 0.15) is 18.9 Å². The number of aliphatic hydroxyl groups is 1. The fourth-order valence-electron chi connectivity index (χ4n) is 3.45. The number of nitrogens with one attached hydrogen (secondary N) is 1. The van der Waals surface area contributed by atoms with Crippen molar-refractivity contribution >= 4 is 11.6 Å². The van der Waals surface area contributed by atoms with Gasteiger partial charge in [0.15, 0.2) is 0 Å². The van der Waals surface area contributed by atoms with Crippen LogP contribution in [0, 0.1) is 5.82 Å². The fourth-order valence-corrected chi connectivity index (χ4v) is 3.45. The summed E-state index contributed by atoms with van der Waals surface area (Å²) in [6.07, 6.45) is -4.70. The van der Waals surface area contributed by atoms with Gasteiger partial charge >= 0.3 is 6.18 Å². The third kappa shape index (κ3) is 5.70. The number of β-amino-alcohol motifs (C(OH)–C–C–N with tert-alkyl or cyclic N) is 1. The predicted octanol–water partition coefficient (Wildman–Crippen LogP) is 3.69. The highest BCUT2D eigenvalue weighted by Crippen LogP contribution is 2.31. The van der Waals surface area contributed by atoms with Crippen molar-refractivity contribution in [3.05, 3.63) is 59.9 Å². The smallest absolute Gasteiger partial charge is 0.416 e. The molecule has 1 saturated heterocycles. The number of hydrogen-bond acceptors (Lipinski definition) is 4. The molecule has 2 aromatic rings. The Morgan fingerprint density at radius 3 is 2.67 bits per heavy atom. The molecule has 9 heteroatoms. The molecule has 162 valence electrons. The number of rotatable bonds is 5. The number of nitrogens with zero attached hydrogens (tertiary/aromatic N) is 1. The first-order valence-corrected chi connectivity index (χ1v) is 9.37. The second-order valence-electron chi connectivity index (χ2n) is 7.55. The van der Waals surface area contributed by atoms with Crippen LogP contribution in [0.2, 0.25) is 0 Å². The summed E-state index contributed by atoms with van der Waals surface area (Å²) in [6.45, 7) is 2.00. The molecule has 1 heterocycles. The van der Waals surface area contributed by atoms with Crippen LogP contribution in [0.3, 0.4) is 0 Å². The van der Waals surface area contributed by atoms with E-state index in [1.807, 2.05) is 0 Å². The van der Waals surface area contributed by atoms with Crippen LogP contribution in [0.5, 0.6) is 5.75 Å². The van der Waals surface area contributed by atoms with Gasteiger partial charge in [-0.1, -0.05) is 12.1 Å². The summed E-state index contributed by atoms with van der Waals surface area (Å²) in [7, 11) is 0.